The monoisotopic (exact) mass is 267 g/mol. The van der Waals surface area contributed by atoms with Crippen LogP contribution in [-0.4, -0.2) is 24.2 Å². The van der Waals surface area contributed by atoms with Crippen LogP contribution < -0.4 is 4.90 Å². The van der Waals surface area contributed by atoms with E-state index in [9.17, 15) is 9.90 Å². The van der Waals surface area contributed by atoms with Crippen molar-refractivity contribution in [3.63, 3.8) is 0 Å². The Morgan fingerprint density at radius 1 is 1.10 bits per heavy atom. The molecule has 0 saturated carbocycles. The Bertz CT molecular complexity index is 609. The van der Waals surface area contributed by atoms with Crippen LogP contribution in [0, 0.1) is 0 Å². The van der Waals surface area contributed by atoms with E-state index in [4.69, 9.17) is 0 Å². The van der Waals surface area contributed by atoms with Gasteiger partial charge in [-0.3, -0.25) is 4.79 Å². The quantitative estimate of drug-likeness (QED) is 0.926. The molecule has 0 amide bonds. The van der Waals surface area contributed by atoms with E-state index >= 15 is 0 Å². The number of carboxylic acids is 1. The van der Waals surface area contributed by atoms with Gasteiger partial charge in [-0.2, -0.15) is 0 Å². The van der Waals surface area contributed by atoms with Crippen LogP contribution >= 0.6 is 0 Å². The molecular formula is C17H17NO2. The third-order valence-corrected chi connectivity index (χ3v) is 3.87. The average Bonchev–Trinajstić information content (AvgIpc) is 2.85. The molecule has 1 N–H and O–H groups in total. The highest BCUT2D eigenvalue weighted by Gasteiger charge is 2.32. The Labute approximate surface area is 118 Å². The van der Waals surface area contributed by atoms with E-state index in [1.165, 1.54) is 5.56 Å². The molecule has 1 aliphatic rings. The maximum absolute atomic E-state index is 11.4. The highest BCUT2D eigenvalue weighted by Crippen LogP contribution is 2.36. The molecule has 3 rings (SSSR count). The highest BCUT2D eigenvalue weighted by atomic mass is 16.4. The van der Waals surface area contributed by atoms with Crippen molar-refractivity contribution in [3.05, 3.63) is 65.7 Å². The molecule has 3 heteroatoms. The first-order valence-electron chi connectivity index (χ1n) is 6.86. The van der Waals surface area contributed by atoms with Crippen molar-refractivity contribution >= 4 is 11.7 Å². The summed E-state index contributed by atoms with van der Waals surface area (Å²) in [5.74, 6) is -1.14. The van der Waals surface area contributed by atoms with Crippen LogP contribution in [0.15, 0.2) is 54.6 Å². The topological polar surface area (TPSA) is 40.5 Å². The van der Waals surface area contributed by atoms with Gasteiger partial charge in [0, 0.05) is 18.8 Å². The summed E-state index contributed by atoms with van der Waals surface area (Å²) in [7, 11) is 0. The normalized spacial score (nSPS) is 17.0. The zero-order valence-corrected chi connectivity index (χ0v) is 11.2. The molecule has 1 unspecified atom stereocenters. The van der Waals surface area contributed by atoms with Gasteiger partial charge in [-0.05, 0) is 23.6 Å². The van der Waals surface area contributed by atoms with E-state index in [1.807, 2.05) is 42.5 Å². The lowest BCUT2D eigenvalue weighted by atomic mass is 10.0. The fourth-order valence-electron chi connectivity index (χ4n) is 2.82. The molecule has 0 saturated heterocycles. The Morgan fingerprint density at radius 2 is 1.80 bits per heavy atom. The molecule has 0 aromatic heterocycles. The third kappa shape index (κ3) is 2.39. The fraction of sp³-hybridized carbons (Fsp3) is 0.235. The van der Waals surface area contributed by atoms with Gasteiger partial charge in [-0.15, -0.1) is 0 Å². The lowest BCUT2D eigenvalue weighted by molar-refractivity contribution is -0.138. The van der Waals surface area contributed by atoms with Crippen LogP contribution in [0.3, 0.4) is 0 Å². The first-order chi connectivity index (χ1) is 9.75. The molecule has 2 aromatic carbocycles. The van der Waals surface area contributed by atoms with Crippen LogP contribution in [0.4, 0.5) is 5.69 Å². The SMILES string of the molecule is O=C(O)C1CN(CCc2ccccc2)c2ccccc21. The van der Waals surface area contributed by atoms with Gasteiger partial charge in [-0.1, -0.05) is 48.5 Å². The molecule has 0 fully saturated rings. The number of para-hydroxylation sites is 1. The summed E-state index contributed by atoms with van der Waals surface area (Å²) in [5, 5.41) is 9.34. The van der Waals surface area contributed by atoms with Crippen LogP contribution in [0.2, 0.25) is 0 Å². The van der Waals surface area contributed by atoms with E-state index < -0.39 is 11.9 Å². The van der Waals surface area contributed by atoms with E-state index in [0.29, 0.717) is 6.54 Å². The molecular weight excluding hydrogens is 250 g/mol. The lowest BCUT2D eigenvalue weighted by Gasteiger charge is -2.19. The number of aliphatic carboxylic acids is 1. The van der Waals surface area contributed by atoms with E-state index in [-0.39, 0.29) is 0 Å². The minimum atomic E-state index is -0.736. The van der Waals surface area contributed by atoms with E-state index in [1.54, 1.807) is 0 Å². The van der Waals surface area contributed by atoms with Gasteiger partial charge in [-0.25, -0.2) is 0 Å². The summed E-state index contributed by atoms with van der Waals surface area (Å²) in [5.41, 5.74) is 3.28. The van der Waals surface area contributed by atoms with Crippen molar-refractivity contribution in [3.8, 4) is 0 Å². The first-order valence-corrected chi connectivity index (χ1v) is 6.86. The largest absolute Gasteiger partial charge is 0.481 e. The van der Waals surface area contributed by atoms with Crippen molar-refractivity contribution in [2.75, 3.05) is 18.0 Å². The fourth-order valence-corrected chi connectivity index (χ4v) is 2.82. The number of hydrogen-bond acceptors (Lipinski definition) is 2. The van der Waals surface area contributed by atoms with E-state index in [2.05, 4.69) is 17.0 Å². The van der Waals surface area contributed by atoms with Gasteiger partial charge in [0.25, 0.3) is 0 Å². The Balaban J connectivity index is 1.77. The predicted octanol–water partition coefficient (Wildman–Crippen LogP) is 2.92. The summed E-state index contributed by atoms with van der Waals surface area (Å²) in [6.07, 6.45) is 0.932. The number of anilines is 1. The molecule has 0 radical (unpaired) electrons. The maximum Gasteiger partial charge on any atom is 0.312 e. The number of carboxylic acid groups (broad SMARTS) is 1. The van der Waals surface area contributed by atoms with Crippen LogP contribution in [0.25, 0.3) is 0 Å². The molecule has 1 heterocycles. The number of fused-ring (bicyclic) bond motifs is 1. The predicted molar refractivity (Wildman–Crippen MR) is 79.2 cm³/mol. The Hall–Kier alpha value is -2.29. The number of rotatable bonds is 4. The molecule has 20 heavy (non-hydrogen) atoms. The standard InChI is InChI=1S/C17H17NO2/c19-17(20)15-12-18(16-9-5-4-8-14(15)16)11-10-13-6-2-1-3-7-13/h1-9,15H,10-12H2,(H,19,20). The molecule has 0 aliphatic carbocycles. The highest BCUT2D eigenvalue weighted by molar-refractivity contribution is 5.82. The molecule has 2 aromatic rings. The Morgan fingerprint density at radius 3 is 2.55 bits per heavy atom. The third-order valence-electron chi connectivity index (χ3n) is 3.87. The van der Waals surface area contributed by atoms with Crippen molar-refractivity contribution in [1.82, 2.24) is 0 Å². The Kier molecular flexibility index (Phi) is 3.42. The lowest BCUT2D eigenvalue weighted by Crippen LogP contribution is -2.26. The van der Waals surface area contributed by atoms with Gasteiger partial charge in [0.15, 0.2) is 0 Å². The summed E-state index contributed by atoms with van der Waals surface area (Å²) in [4.78, 5) is 13.5. The number of nitrogens with zero attached hydrogens (tertiary/aromatic N) is 1. The first kappa shape index (κ1) is 12.7. The van der Waals surface area contributed by atoms with Gasteiger partial charge in [0.05, 0.1) is 0 Å². The molecule has 3 nitrogen and oxygen atoms in total. The van der Waals surface area contributed by atoms with Crippen molar-refractivity contribution in [2.24, 2.45) is 0 Å². The zero-order chi connectivity index (χ0) is 13.9. The van der Waals surface area contributed by atoms with Gasteiger partial charge < -0.3 is 10.0 Å². The summed E-state index contributed by atoms with van der Waals surface area (Å²) in [6, 6.07) is 18.1. The summed E-state index contributed by atoms with van der Waals surface area (Å²) >= 11 is 0. The molecule has 0 spiro atoms. The average molecular weight is 267 g/mol. The molecule has 1 aliphatic heterocycles. The molecule has 102 valence electrons. The number of carbonyl (C=O) groups is 1. The van der Waals surface area contributed by atoms with Gasteiger partial charge >= 0.3 is 5.97 Å². The summed E-state index contributed by atoms with van der Waals surface area (Å²) < 4.78 is 0. The van der Waals surface area contributed by atoms with Gasteiger partial charge in [0.1, 0.15) is 5.92 Å². The van der Waals surface area contributed by atoms with Crippen LogP contribution in [0.1, 0.15) is 17.0 Å². The van der Waals surface area contributed by atoms with Crippen LogP contribution in [-0.2, 0) is 11.2 Å². The minimum Gasteiger partial charge on any atom is -0.481 e. The van der Waals surface area contributed by atoms with Gasteiger partial charge in [0.2, 0.25) is 0 Å². The summed E-state index contributed by atoms with van der Waals surface area (Å²) in [6.45, 7) is 1.42. The smallest absolute Gasteiger partial charge is 0.312 e. The van der Waals surface area contributed by atoms with Crippen LogP contribution in [0.5, 0.6) is 0 Å². The zero-order valence-electron chi connectivity index (χ0n) is 11.2. The van der Waals surface area contributed by atoms with Crippen molar-refractivity contribution in [1.29, 1.82) is 0 Å². The van der Waals surface area contributed by atoms with E-state index in [0.717, 1.165) is 24.2 Å². The van der Waals surface area contributed by atoms with Crippen molar-refractivity contribution < 1.29 is 9.90 Å². The molecule has 0 bridgehead atoms. The second kappa shape index (κ2) is 5.37. The number of hydrogen-bond donors (Lipinski definition) is 1. The minimum absolute atomic E-state index is 0.401. The molecule has 1 atom stereocenters. The second-order valence-electron chi connectivity index (χ2n) is 5.13. The number of benzene rings is 2. The van der Waals surface area contributed by atoms with Crippen molar-refractivity contribution in [2.45, 2.75) is 12.3 Å². The second-order valence-corrected chi connectivity index (χ2v) is 5.13. The maximum atomic E-state index is 11.4.